The van der Waals surface area contributed by atoms with Crippen LogP contribution in [0.5, 0.6) is 0 Å². The van der Waals surface area contributed by atoms with E-state index in [-0.39, 0.29) is 11.8 Å². The first-order chi connectivity index (χ1) is 9.69. The molecule has 0 bridgehead atoms. The van der Waals surface area contributed by atoms with Crippen LogP contribution in [0.1, 0.15) is 18.9 Å². The molecule has 1 amide bonds. The molecule has 1 unspecified atom stereocenters. The van der Waals surface area contributed by atoms with Crippen LogP contribution in [0.3, 0.4) is 0 Å². The summed E-state index contributed by atoms with van der Waals surface area (Å²) >= 11 is 0. The van der Waals surface area contributed by atoms with Crippen molar-refractivity contribution >= 4 is 5.91 Å². The number of benzene rings is 1. The second-order valence-electron chi connectivity index (χ2n) is 5.69. The molecule has 2 N–H and O–H groups in total. The van der Waals surface area contributed by atoms with Crippen LogP contribution in [0.15, 0.2) is 30.3 Å². The molecule has 1 heterocycles. The summed E-state index contributed by atoms with van der Waals surface area (Å²) in [4.78, 5) is 16.5. The summed E-state index contributed by atoms with van der Waals surface area (Å²) in [6.07, 6.45) is 0.579. The van der Waals surface area contributed by atoms with Gasteiger partial charge in [-0.3, -0.25) is 9.69 Å². The van der Waals surface area contributed by atoms with Crippen LogP contribution in [0.25, 0.3) is 0 Å². The fourth-order valence-corrected chi connectivity index (χ4v) is 2.51. The second-order valence-corrected chi connectivity index (χ2v) is 5.69. The van der Waals surface area contributed by atoms with E-state index in [9.17, 15) is 4.79 Å². The van der Waals surface area contributed by atoms with Crippen molar-refractivity contribution in [3.8, 4) is 0 Å². The highest BCUT2D eigenvalue weighted by Gasteiger charge is 2.21. The highest BCUT2D eigenvalue weighted by Crippen LogP contribution is 2.11. The van der Waals surface area contributed by atoms with E-state index >= 15 is 0 Å². The van der Waals surface area contributed by atoms with Gasteiger partial charge < -0.3 is 10.6 Å². The van der Waals surface area contributed by atoms with Gasteiger partial charge in [0.05, 0.1) is 0 Å². The molecule has 0 radical (unpaired) electrons. The van der Waals surface area contributed by atoms with Gasteiger partial charge in [-0.15, -0.1) is 0 Å². The average Bonchev–Trinajstić information content (AvgIpc) is 2.49. The zero-order valence-electron chi connectivity index (χ0n) is 12.3. The number of nitrogens with two attached hydrogens (primary N) is 1. The van der Waals surface area contributed by atoms with E-state index in [1.165, 1.54) is 5.56 Å². The van der Waals surface area contributed by atoms with Gasteiger partial charge in [-0.2, -0.15) is 0 Å². The Hall–Kier alpha value is -1.39. The Balaban J connectivity index is 1.76. The molecule has 4 heteroatoms. The minimum absolute atomic E-state index is 0.252. The smallest absolute Gasteiger partial charge is 0.222 e. The van der Waals surface area contributed by atoms with Gasteiger partial charge in [0.15, 0.2) is 0 Å². The summed E-state index contributed by atoms with van der Waals surface area (Å²) in [6.45, 7) is 7.17. The van der Waals surface area contributed by atoms with E-state index in [4.69, 9.17) is 5.73 Å². The highest BCUT2D eigenvalue weighted by molar-refractivity contribution is 5.76. The van der Waals surface area contributed by atoms with Gasteiger partial charge in [-0.25, -0.2) is 0 Å². The Morgan fingerprint density at radius 3 is 2.45 bits per heavy atom. The molecule has 110 valence electrons. The third-order valence-corrected chi connectivity index (χ3v) is 3.90. The summed E-state index contributed by atoms with van der Waals surface area (Å²) in [6, 6.07) is 10.5. The summed E-state index contributed by atoms with van der Waals surface area (Å²) in [5.74, 6) is 0.534. The van der Waals surface area contributed by atoms with Crippen LogP contribution in [0.4, 0.5) is 0 Å². The SMILES string of the molecule is CC(CN)CC(=O)N1CCN(Cc2ccccc2)CC1. The van der Waals surface area contributed by atoms with Crippen molar-refractivity contribution in [2.45, 2.75) is 19.9 Å². The lowest BCUT2D eigenvalue weighted by Crippen LogP contribution is -2.48. The van der Waals surface area contributed by atoms with E-state index in [1.54, 1.807) is 0 Å². The molecular weight excluding hydrogens is 250 g/mol. The van der Waals surface area contributed by atoms with Crippen LogP contribution in [0, 0.1) is 5.92 Å². The van der Waals surface area contributed by atoms with E-state index in [0.717, 1.165) is 32.7 Å². The third-order valence-electron chi connectivity index (χ3n) is 3.90. The second kappa shape index (κ2) is 7.41. The third kappa shape index (κ3) is 4.32. The molecule has 0 saturated carbocycles. The Bertz CT molecular complexity index is 413. The normalized spacial score (nSPS) is 18.0. The molecule has 1 aliphatic rings. The summed E-state index contributed by atoms with van der Waals surface area (Å²) < 4.78 is 0. The van der Waals surface area contributed by atoms with Gasteiger partial charge in [0.25, 0.3) is 0 Å². The number of rotatable bonds is 5. The van der Waals surface area contributed by atoms with E-state index in [1.807, 2.05) is 17.9 Å². The molecule has 0 aliphatic carbocycles. The minimum Gasteiger partial charge on any atom is -0.340 e. The van der Waals surface area contributed by atoms with Crippen molar-refractivity contribution < 1.29 is 4.79 Å². The molecule has 1 aliphatic heterocycles. The maximum atomic E-state index is 12.1. The maximum Gasteiger partial charge on any atom is 0.222 e. The standard InChI is InChI=1S/C16H25N3O/c1-14(12-17)11-16(20)19-9-7-18(8-10-19)13-15-5-3-2-4-6-15/h2-6,14H,7-13,17H2,1H3. The Labute approximate surface area is 121 Å². The molecule has 1 fully saturated rings. The Kier molecular flexibility index (Phi) is 5.56. The van der Waals surface area contributed by atoms with E-state index < -0.39 is 0 Å². The van der Waals surface area contributed by atoms with Gasteiger partial charge >= 0.3 is 0 Å². The van der Waals surface area contributed by atoms with E-state index in [0.29, 0.717) is 13.0 Å². The predicted octanol–water partition coefficient (Wildman–Crippen LogP) is 1.32. The van der Waals surface area contributed by atoms with Crippen LogP contribution in [-0.2, 0) is 11.3 Å². The van der Waals surface area contributed by atoms with Crippen molar-refractivity contribution in [2.75, 3.05) is 32.7 Å². The minimum atomic E-state index is 0.252. The fourth-order valence-electron chi connectivity index (χ4n) is 2.51. The number of hydrogen-bond donors (Lipinski definition) is 1. The zero-order valence-corrected chi connectivity index (χ0v) is 12.3. The summed E-state index contributed by atoms with van der Waals surface area (Å²) in [5.41, 5.74) is 6.92. The first-order valence-corrected chi connectivity index (χ1v) is 7.43. The first kappa shape index (κ1) is 15.0. The Morgan fingerprint density at radius 1 is 1.20 bits per heavy atom. The van der Waals surface area contributed by atoms with Gasteiger partial charge in [0, 0.05) is 39.1 Å². The van der Waals surface area contributed by atoms with Crippen molar-refractivity contribution in [2.24, 2.45) is 11.7 Å². The maximum absolute atomic E-state index is 12.1. The van der Waals surface area contributed by atoms with Gasteiger partial charge in [0.1, 0.15) is 0 Å². The summed E-state index contributed by atoms with van der Waals surface area (Å²) in [5, 5.41) is 0. The summed E-state index contributed by atoms with van der Waals surface area (Å²) in [7, 11) is 0. The van der Waals surface area contributed by atoms with Gasteiger partial charge in [0.2, 0.25) is 5.91 Å². The molecule has 1 aromatic rings. The van der Waals surface area contributed by atoms with Crippen LogP contribution in [-0.4, -0.2) is 48.4 Å². The number of carbonyl (C=O) groups excluding carboxylic acids is 1. The van der Waals surface area contributed by atoms with Crippen LogP contribution >= 0.6 is 0 Å². The van der Waals surface area contributed by atoms with Gasteiger partial charge in [-0.1, -0.05) is 37.3 Å². The lowest BCUT2D eigenvalue weighted by molar-refractivity contribution is -0.133. The van der Waals surface area contributed by atoms with Crippen molar-refractivity contribution in [1.29, 1.82) is 0 Å². The molecule has 2 rings (SSSR count). The van der Waals surface area contributed by atoms with Crippen molar-refractivity contribution in [3.05, 3.63) is 35.9 Å². The lowest BCUT2D eigenvalue weighted by atomic mass is 10.1. The molecule has 0 aromatic heterocycles. The monoisotopic (exact) mass is 275 g/mol. The molecule has 1 aromatic carbocycles. The topological polar surface area (TPSA) is 49.6 Å². The first-order valence-electron chi connectivity index (χ1n) is 7.43. The predicted molar refractivity (Wildman–Crippen MR) is 81.1 cm³/mol. The van der Waals surface area contributed by atoms with Crippen LogP contribution in [0.2, 0.25) is 0 Å². The van der Waals surface area contributed by atoms with E-state index in [2.05, 4.69) is 29.2 Å². The number of carbonyl (C=O) groups is 1. The van der Waals surface area contributed by atoms with Crippen molar-refractivity contribution in [3.63, 3.8) is 0 Å². The Morgan fingerprint density at radius 2 is 1.85 bits per heavy atom. The van der Waals surface area contributed by atoms with Crippen LogP contribution < -0.4 is 5.73 Å². The largest absolute Gasteiger partial charge is 0.340 e. The highest BCUT2D eigenvalue weighted by atomic mass is 16.2. The number of amides is 1. The number of hydrogen-bond acceptors (Lipinski definition) is 3. The number of nitrogens with zero attached hydrogens (tertiary/aromatic N) is 2. The molecular formula is C16H25N3O. The molecule has 20 heavy (non-hydrogen) atoms. The quantitative estimate of drug-likeness (QED) is 0.881. The fraction of sp³-hybridized carbons (Fsp3) is 0.562. The molecule has 4 nitrogen and oxygen atoms in total. The van der Waals surface area contributed by atoms with Crippen molar-refractivity contribution in [1.82, 2.24) is 9.80 Å². The zero-order chi connectivity index (χ0) is 14.4. The average molecular weight is 275 g/mol. The lowest BCUT2D eigenvalue weighted by Gasteiger charge is -2.35. The van der Waals surface area contributed by atoms with Gasteiger partial charge in [-0.05, 0) is 18.0 Å². The molecule has 1 atom stereocenters. The molecule has 0 spiro atoms. The number of piperazine rings is 1. The molecule has 1 saturated heterocycles.